The van der Waals surface area contributed by atoms with E-state index in [2.05, 4.69) is 19.9 Å². The normalized spacial score (nSPS) is 11.6. The van der Waals surface area contributed by atoms with Gasteiger partial charge in [-0.3, -0.25) is 14.3 Å². The number of nitrogens with zero attached hydrogens (tertiary/aromatic N) is 5. The van der Waals surface area contributed by atoms with E-state index in [9.17, 15) is 9.90 Å². The van der Waals surface area contributed by atoms with Gasteiger partial charge in [-0.2, -0.15) is 0 Å². The molecular formula is C24H25N5O4. The third kappa shape index (κ3) is 4.68. The second-order valence-corrected chi connectivity index (χ2v) is 8.29. The predicted molar refractivity (Wildman–Crippen MR) is 121 cm³/mol. The van der Waals surface area contributed by atoms with E-state index in [4.69, 9.17) is 9.15 Å². The Hall–Kier alpha value is -3.85. The van der Waals surface area contributed by atoms with Crippen LogP contribution in [0.5, 0.6) is 5.75 Å². The maximum absolute atomic E-state index is 13.2. The van der Waals surface area contributed by atoms with E-state index >= 15 is 0 Å². The quantitative estimate of drug-likeness (QED) is 0.478. The molecule has 0 saturated carbocycles. The fraction of sp³-hybridized carbons (Fsp3) is 0.292. The number of ether oxygens (including phenoxy) is 1. The Kier molecular flexibility index (Phi) is 5.82. The van der Waals surface area contributed by atoms with Gasteiger partial charge in [-0.15, -0.1) is 0 Å². The van der Waals surface area contributed by atoms with Gasteiger partial charge in [0.15, 0.2) is 11.7 Å². The molecule has 9 nitrogen and oxygen atoms in total. The molecule has 0 fully saturated rings. The van der Waals surface area contributed by atoms with Crippen LogP contribution in [0, 0.1) is 20.8 Å². The van der Waals surface area contributed by atoms with Crippen molar-refractivity contribution in [2.45, 2.75) is 46.8 Å². The Labute approximate surface area is 190 Å². The van der Waals surface area contributed by atoms with Crippen LogP contribution in [0.15, 0.2) is 52.1 Å². The first-order valence-corrected chi connectivity index (χ1v) is 10.4. The van der Waals surface area contributed by atoms with Gasteiger partial charge in [0.05, 0.1) is 22.6 Å². The van der Waals surface area contributed by atoms with E-state index in [-0.39, 0.29) is 12.2 Å². The summed E-state index contributed by atoms with van der Waals surface area (Å²) in [6.07, 6.45) is 4.73. The number of oxazole rings is 1. The monoisotopic (exact) mass is 447 g/mol. The summed E-state index contributed by atoms with van der Waals surface area (Å²) in [6.45, 7) is 8.77. The maximum atomic E-state index is 13.2. The number of rotatable bonds is 6. The molecular weight excluding hydrogens is 422 g/mol. The standard InChI is InChI=1S/C24H25N5O4/c1-14-10-21(33-13-17-12-32-16(3)27-17)15(2)22(30)29(14)18-6-8-25-20(11-18)19-7-9-26-23(28-19)24(4,5)31/h6-12,31H,13H2,1-5H3. The molecule has 0 atom stereocenters. The van der Waals surface area contributed by atoms with E-state index < -0.39 is 5.60 Å². The van der Waals surface area contributed by atoms with Crippen LogP contribution in [0.2, 0.25) is 0 Å². The second kappa shape index (κ2) is 8.59. The second-order valence-electron chi connectivity index (χ2n) is 8.29. The van der Waals surface area contributed by atoms with Crippen molar-refractivity contribution in [3.63, 3.8) is 0 Å². The lowest BCUT2D eigenvalue weighted by atomic mass is 10.1. The summed E-state index contributed by atoms with van der Waals surface area (Å²) in [5.74, 6) is 1.35. The number of pyridine rings is 2. The fourth-order valence-electron chi connectivity index (χ4n) is 3.39. The third-order valence-corrected chi connectivity index (χ3v) is 5.10. The zero-order chi connectivity index (χ0) is 23.8. The molecule has 0 aromatic carbocycles. The third-order valence-electron chi connectivity index (χ3n) is 5.10. The van der Waals surface area contributed by atoms with Crippen LogP contribution in [0.25, 0.3) is 17.1 Å². The van der Waals surface area contributed by atoms with Crippen LogP contribution in [0.4, 0.5) is 0 Å². The van der Waals surface area contributed by atoms with Gasteiger partial charge in [-0.25, -0.2) is 15.0 Å². The number of aryl methyl sites for hydroxylation is 2. The van der Waals surface area contributed by atoms with Crippen molar-refractivity contribution in [3.8, 4) is 22.8 Å². The summed E-state index contributed by atoms with van der Waals surface area (Å²) in [4.78, 5) is 30.4. The average Bonchev–Trinajstić information content (AvgIpc) is 3.20. The molecule has 0 amide bonds. The molecule has 4 heterocycles. The highest BCUT2D eigenvalue weighted by molar-refractivity contribution is 5.57. The van der Waals surface area contributed by atoms with Crippen LogP contribution >= 0.6 is 0 Å². The van der Waals surface area contributed by atoms with Crippen molar-refractivity contribution >= 4 is 0 Å². The highest BCUT2D eigenvalue weighted by Gasteiger charge is 2.20. The molecule has 0 spiro atoms. The van der Waals surface area contributed by atoms with Gasteiger partial charge in [0.1, 0.15) is 29.9 Å². The molecule has 0 aliphatic carbocycles. The predicted octanol–water partition coefficient (Wildman–Crippen LogP) is 3.41. The summed E-state index contributed by atoms with van der Waals surface area (Å²) in [5, 5.41) is 10.2. The largest absolute Gasteiger partial charge is 0.487 e. The van der Waals surface area contributed by atoms with E-state index in [1.54, 1.807) is 62.9 Å². The van der Waals surface area contributed by atoms with E-state index in [1.807, 2.05) is 13.0 Å². The smallest absolute Gasteiger partial charge is 0.261 e. The van der Waals surface area contributed by atoms with Crippen LogP contribution in [-0.2, 0) is 12.2 Å². The highest BCUT2D eigenvalue weighted by atomic mass is 16.5. The van der Waals surface area contributed by atoms with Crippen molar-refractivity contribution in [2.24, 2.45) is 0 Å². The molecule has 0 aliphatic rings. The molecule has 4 rings (SSSR count). The number of hydrogen-bond acceptors (Lipinski definition) is 8. The Morgan fingerprint density at radius 2 is 1.82 bits per heavy atom. The van der Waals surface area contributed by atoms with Crippen LogP contribution in [0.1, 0.15) is 42.5 Å². The van der Waals surface area contributed by atoms with Gasteiger partial charge in [-0.05, 0) is 45.9 Å². The van der Waals surface area contributed by atoms with Crippen LogP contribution < -0.4 is 10.3 Å². The molecule has 4 aromatic heterocycles. The zero-order valence-corrected chi connectivity index (χ0v) is 19.2. The van der Waals surface area contributed by atoms with Gasteiger partial charge in [0.25, 0.3) is 5.56 Å². The van der Waals surface area contributed by atoms with Gasteiger partial charge in [0, 0.05) is 31.1 Å². The maximum Gasteiger partial charge on any atom is 0.261 e. The van der Waals surface area contributed by atoms with Crippen molar-refractivity contribution in [1.82, 2.24) is 24.5 Å². The molecule has 33 heavy (non-hydrogen) atoms. The average molecular weight is 447 g/mol. The summed E-state index contributed by atoms with van der Waals surface area (Å²) in [7, 11) is 0. The first-order chi connectivity index (χ1) is 15.6. The van der Waals surface area contributed by atoms with Crippen LogP contribution in [0.3, 0.4) is 0 Å². The number of aliphatic hydroxyl groups is 1. The molecule has 0 aliphatic heterocycles. The van der Waals surface area contributed by atoms with E-state index in [0.717, 1.165) is 0 Å². The zero-order valence-electron chi connectivity index (χ0n) is 19.2. The highest BCUT2D eigenvalue weighted by Crippen LogP contribution is 2.23. The Morgan fingerprint density at radius 3 is 2.52 bits per heavy atom. The van der Waals surface area contributed by atoms with Crippen molar-refractivity contribution in [2.75, 3.05) is 0 Å². The Bertz CT molecular complexity index is 1370. The lowest BCUT2D eigenvalue weighted by molar-refractivity contribution is 0.0688. The molecule has 1 N–H and O–H groups in total. The Balaban J connectivity index is 1.69. The minimum atomic E-state index is -1.18. The Morgan fingerprint density at radius 1 is 1.06 bits per heavy atom. The van der Waals surface area contributed by atoms with Crippen molar-refractivity contribution < 1.29 is 14.3 Å². The van der Waals surface area contributed by atoms with Gasteiger partial charge < -0.3 is 14.3 Å². The van der Waals surface area contributed by atoms with E-state index in [1.165, 1.54) is 6.26 Å². The van der Waals surface area contributed by atoms with Gasteiger partial charge in [0.2, 0.25) is 0 Å². The first kappa shape index (κ1) is 22.3. The summed E-state index contributed by atoms with van der Waals surface area (Å²) < 4.78 is 12.6. The SMILES string of the molecule is Cc1nc(COc2cc(C)n(-c3ccnc(-c4ccnc(C(C)(C)O)n4)c3)c(=O)c2C)co1. The molecule has 0 unspecified atom stereocenters. The van der Waals surface area contributed by atoms with Crippen LogP contribution in [-0.4, -0.2) is 29.6 Å². The number of hydrogen-bond donors (Lipinski definition) is 1. The molecule has 0 saturated heterocycles. The lowest BCUT2D eigenvalue weighted by Crippen LogP contribution is -2.23. The minimum Gasteiger partial charge on any atom is -0.487 e. The molecule has 9 heteroatoms. The molecule has 170 valence electrons. The number of aromatic nitrogens is 5. The lowest BCUT2D eigenvalue weighted by Gasteiger charge is -2.16. The van der Waals surface area contributed by atoms with Gasteiger partial charge >= 0.3 is 0 Å². The van der Waals surface area contributed by atoms with E-state index in [0.29, 0.717) is 51.5 Å². The fourth-order valence-corrected chi connectivity index (χ4v) is 3.39. The molecule has 4 aromatic rings. The topological polar surface area (TPSA) is 116 Å². The molecule has 0 radical (unpaired) electrons. The first-order valence-electron chi connectivity index (χ1n) is 10.4. The van der Waals surface area contributed by atoms with Crippen molar-refractivity contribution in [1.29, 1.82) is 0 Å². The summed E-state index contributed by atoms with van der Waals surface area (Å²) in [5.41, 5.74) is 2.22. The van der Waals surface area contributed by atoms with Crippen molar-refractivity contribution in [3.05, 3.63) is 81.9 Å². The summed E-state index contributed by atoms with van der Waals surface area (Å²) >= 11 is 0. The molecule has 0 bridgehead atoms. The minimum absolute atomic E-state index is 0.196. The van der Waals surface area contributed by atoms with Gasteiger partial charge in [-0.1, -0.05) is 0 Å². The summed E-state index contributed by atoms with van der Waals surface area (Å²) in [6, 6.07) is 7.07.